The fraction of sp³-hybridized carbons (Fsp3) is 0.529. The van der Waals surface area contributed by atoms with Crippen molar-refractivity contribution in [3.63, 3.8) is 0 Å². The smallest absolute Gasteiger partial charge is 0.224 e. The highest BCUT2D eigenvalue weighted by Gasteiger charge is 2.23. The predicted octanol–water partition coefficient (Wildman–Crippen LogP) is 1.90. The Balaban J connectivity index is 0.00000288. The van der Waals surface area contributed by atoms with Crippen LogP contribution in [-0.2, 0) is 16.1 Å². The highest BCUT2D eigenvalue weighted by atomic mass is 35.5. The zero-order chi connectivity index (χ0) is 16.7. The van der Waals surface area contributed by atoms with E-state index in [4.69, 9.17) is 11.5 Å². The number of rotatable bonds is 7. The molecule has 1 aromatic rings. The molecule has 1 unspecified atom stereocenters. The van der Waals surface area contributed by atoms with E-state index >= 15 is 0 Å². The standard InChI is InChI=1S/C17H26N4O2.2ClH/c18-9-1-4-16(22)20-15-7-5-13(6-8-15)11-21-10-2-3-14(12-21)17(19)23;;/h5-8,14H,1-4,9-12,18H2,(H2,19,23)(H,20,22);2*1H. The van der Waals surface area contributed by atoms with Gasteiger partial charge in [-0.1, -0.05) is 12.1 Å². The van der Waals surface area contributed by atoms with Gasteiger partial charge >= 0.3 is 0 Å². The molecule has 0 aliphatic carbocycles. The Morgan fingerprint density at radius 3 is 2.48 bits per heavy atom. The molecule has 1 heterocycles. The minimum absolute atomic E-state index is 0. The number of nitrogens with zero attached hydrogens (tertiary/aromatic N) is 1. The Kier molecular flexibility index (Phi) is 11.4. The first-order valence-corrected chi connectivity index (χ1v) is 8.19. The number of hydrogen-bond acceptors (Lipinski definition) is 4. The maximum absolute atomic E-state index is 11.7. The van der Waals surface area contributed by atoms with Crippen LogP contribution in [0.25, 0.3) is 0 Å². The van der Waals surface area contributed by atoms with Crippen LogP contribution >= 0.6 is 24.8 Å². The highest BCUT2D eigenvalue weighted by molar-refractivity contribution is 5.90. The van der Waals surface area contributed by atoms with E-state index in [9.17, 15) is 9.59 Å². The maximum atomic E-state index is 11.7. The molecule has 25 heavy (non-hydrogen) atoms. The van der Waals surface area contributed by atoms with E-state index in [1.54, 1.807) is 0 Å². The lowest BCUT2D eigenvalue weighted by molar-refractivity contribution is -0.123. The molecule has 0 saturated carbocycles. The van der Waals surface area contributed by atoms with Crippen LogP contribution in [0.3, 0.4) is 0 Å². The summed E-state index contributed by atoms with van der Waals surface area (Å²) in [5.74, 6) is -0.251. The molecule has 0 aromatic heterocycles. The maximum Gasteiger partial charge on any atom is 0.224 e. The van der Waals surface area contributed by atoms with Gasteiger partial charge in [0.2, 0.25) is 11.8 Å². The molecule has 1 aromatic carbocycles. The van der Waals surface area contributed by atoms with E-state index < -0.39 is 0 Å². The van der Waals surface area contributed by atoms with Gasteiger partial charge < -0.3 is 16.8 Å². The summed E-state index contributed by atoms with van der Waals surface area (Å²) in [5, 5.41) is 2.86. The summed E-state index contributed by atoms with van der Waals surface area (Å²) < 4.78 is 0. The van der Waals surface area contributed by atoms with Crippen molar-refractivity contribution in [1.29, 1.82) is 0 Å². The summed E-state index contributed by atoms with van der Waals surface area (Å²) in [4.78, 5) is 25.2. The number of carbonyl (C=O) groups excluding carboxylic acids is 2. The van der Waals surface area contributed by atoms with Crippen LogP contribution in [0.15, 0.2) is 24.3 Å². The normalized spacial score (nSPS) is 17.1. The third kappa shape index (κ3) is 8.05. The summed E-state index contributed by atoms with van der Waals surface area (Å²) >= 11 is 0. The van der Waals surface area contributed by atoms with E-state index in [1.807, 2.05) is 24.3 Å². The van der Waals surface area contributed by atoms with E-state index in [0.717, 1.165) is 43.7 Å². The molecule has 8 heteroatoms. The zero-order valence-electron chi connectivity index (χ0n) is 14.3. The fourth-order valence-corrected chi connectivity index (χ4v) is 2.87. The van der Waals surface area contributed by atoms with Crippen LogP contribution in [0, 0.1) is 5.92 Å². The zero-order valence-corrected chi connectivity index (χ0v) is 15.9. The lowest BCUT2D eigenvalue weighted by Crippen LogP contribution is -2.40. The van der Waals surface area contributed by atoms with Crippen molar-refractivity contribution in [2.24, 2.45) is 17.4 Å². The van der Waals surface area contributed by atoms with Crippen LogP contribution < -0.4 is 16.8 Å². The Morgan fingerprint density at radius 1 is 1.20 bits per heavy atom. The summed E-state index contributed by atoms with van der Waals surface area (Å²) in [7, 11) is 0. The predicted molar refractivity (Wildman–Crippen MR) is 105 cm³/mol. The number of amides is 2. The van der Waals surface area contributed by atoms with E-state index in [-0.39, 0.29) is 42.5 Å². The van der Waals surface area contributed by atoms with E-state index in [2.05, 4.69) is 10.2 Å². The Bertz CT molecular complexity index is 540. The molecule has 0 bridgehead atoms. The molecule has 2 rings (SSSR count). The summed E-state index contributed by atoms with van der Waals surface area (Å²) in [5.41, 5.74) is 12.8. The molecule has 6 nitrogen and oxygen atoms in total. The van der Waals surface area contributed by atoms with Gasteiger partial charge in [-0.3, -0.25) is 14.5 Å². The molecular formula is C17H28Cl2N4O2. The third-order valence-electron chi connectivity index (χ3n) is 4.16. The van der Waals surface area contributed by atoms with Crippen molar-refractivity contribution in [2.45, 2.75) is 32.2 Å². The Labute approximate surface area is 161 Å². The van der Waals surface area contributed by atoms with E-state index in [1.165, 1.54) is 0 Å². The number of hydrogen-bond donors (Lipinski definition) is 3. The average Bonchev–Trinajstić information content (AvgIpc) is 2.55. The molecule has 2 amide bonds. The number of piperidine rings is 1. The van der Waals surface area contributed by atoms with Gasteiger partial charge in [-0.25, -0.2) is 0 Å². The monoisotopic (exact) mass is 390 g/mol. The van der Waals surface area contributed by atoms with Crippen molar-refractivity contribution >= 4 is 42.3 Å². The number of halogens is 2. The SMILES string of the molecule is Cl.Cl.NCCCC(=O)Nc1ccc(CN2CCCC(C(N)=O)C2)cc1. The van der Waals surface area contributed by atoms with Gasteiger partial charge in [-0.05, 0) is 50.0 Å². The quantitative estimate of drug-likeness (QED) is 0.661. The van der Waals surface area contributed by atoms with Crippen molar-refractivity contribution in [3.05, 3.63) is 29.8 Å². The summed E-state index contributed by atoms with van der Waals surface area (Å²) in [6.45, 7) is 3.04. The number of nitrogens with two attached hydrogens (primary N) is 2. The molecule has 1 aliphatic heterocycles. The number of anilines is 1. The van der Waals surface area contributed by atoms with Crippen molar-refractivity contribution < 1.29 is 9.59 Å². The minimum atomic E-state index is -0.203. The summed E-state index contributed by atoms with van der Waals surface area (Å²) in [6, 6.07) is 7.83. The van der Waals surface area contributed by atoms with Gasteiger partial charge in [0.05, 0.1) is 5.92 Å². The molecular weight excluding hydrogens is 363 g/mol. The number of primary amides is 1. The van der Waals surface area contributed by atoms with Crippen LogP contribution in [0.5, 0.6) is 0 Å². The second-order valence-corrected chi connectivity index (χ2v) is 6.11. The molecule has 0 spiro atoms. The van der Waals surface area contributed by atoms with Crippen LogP contribution in [0.4, 0.5) is 5.69 Å². The first-order valence-electron chi connectivity index (χ1n) is 8.19. The average molecular weight is 391 g/mol. The lowest BCUT2D eigenvalue weighted by Gasteiger charge is -2.31. The van der Waals surface area contributed by atoms with Crippen LogP contribution in [0.1, 0.15) is 31.2 Å². The third-order valence-corrected chi connectivity index (χ3v) is 4.16. The van der Waals surface area contributed by atoms with Crippen molar-refractivity contribution in [2.75, 3.05) is 25.0 Å². The molecule has 1 atom stereocenters. The van der Waals surface area contributed by atoms with E-state index in [0.29, 0.717) is 19.4 Å². The Hall–Kier alpha value is -1.34. The second kappa shape index (κ2) is 12.1. The topological polar surface area (TPSA) is 101 Å². The fourth-order valence-electron chi connectivity index (χ4n) is 2.87. The number of nitrogens with one attached hydrogen (secondary N) is 1. The molecule has 0 radical (unpaired) electrons. The first-order chi connectivity index (χ1) is 11.1. The van der Waals surface area contributed by atoms with Gasteiger partial charge in [-0.15, -0.1) is 24.8 Å². The summed E-state index contributed by atoms with van der Waals surface area (Å²) in [6.07, 6.45) is 3.03. The van der Waals surface area contributed by atoms with Crippen LogP contribution in [-0.4, -0.2) is 36.3 Å². The molecule has 142 valence electrons. The second-order valence-electron chi connectivity index (χ2n) is 6.11. The van der Waals surface area contributed by atoms with Gasteiger partial charge in [0.25, 0.3) is 0 Å². The van der Waals surface area contributed by atoms with Crippen molar-refractivity contribution in [1.82, 2.24) is 4.90 Å². The molecule has 1 saturated heterocycles. The molecule has 1 aliphatic rings. The van der Waals surface area contributed by atoms with Gasteiger partial charge in [0, 0.05) is 25.2 Å². The van der Waals surface area contributed by atoms with Gasteiger partial charge in [-0.2, -0.15) is 0 Å². The molecule has 5 N–H and O–H groups in total. The molecule has 1 fully saturated rings. The first kappa shape index (κ1) is 23.7. The largest absolute Gasteiger partial charge is 0.369 e. The van der Waals surface area contributed by atoms with Crippen LogP contribution in [0.2, 0.25) is 0 Å². The van der Waals surface area contributed by atoms with Crippen molar-refractivity contribution in [3.8, 4) is 0 Å². The highest BCUT2D eigenvalue weighted by Crippen LogP contribution is 2.19. The van der Waals surface area contributed by atoms with Gasteiger partial charge in [0.1, 0.15) is 0 Å². The minimum Gasteiger partial charge on any atom is -0.369 e. The Morgan fingerprint density at radius 2 is 1.88 bits per heavy atom. The lowest BCUT2D eigenvalue weighted by atomic mass is 9.97. The number of likely N-dealkylation sites (tertiary alicyclic amines) is 1. The number of carbonyl (C=O) groups is 2. The number of benzene rings is 1. The van der Waals surface area contributed by atoms with Gasteiger partial charge in [0.15, 0.2) is 0 Å².